The van der Waals surface area contributed by atoms with E-state index in [2.05, 4.69) is 29.3 Å². The fraction of sp³-hybridized carbons (Fsp3) is 0.600. The molecule has 2 unspecified atom stereocenters. The first kappa shape index (κ1) is 12.9. The van der Waals surface area contributed by atoms with Crippen LogP contribution in [0.15, 0.2) is 24.3 Å². The minimum atomic E-state index is 0.293. The molecule has 0 radical (unpaired) electrons. The smallest absolute Gasteiger partial charge is 0.124 e. The molecular weight excluding hydrogens is 240 g/mol. The van der Waals surface area contributed by atoms with Gasteiger partial charge in [-0.15, -0.1) is 0 Å². The van der Waals surface area contributed by atoms with Crippen LogP contribution in [0.25, 0.3) is 0 Å². The molecule has 0 saturated carbocycles. The highest BCUT2D eigenvalue weighted by Crippen LogP contribution is 2.31. The summed E-state index contributed by atoms with van der Waals surface area (Å²) in [5, 5.41) is 3.58. The van der Waals surface area contributed by atoms with Crippen molar-refractivity contribution in [1.29, 1.82) is 0 Å². The summed E-state index contributed by atoms with van der Waals surface area (Å²) < 4.78 is 11.5. The summed E-state index contributed by atoms with van der Waals surface area (Å²) in [4.78, 5) is 2.44. The Bertz CT molecular complexity index is 424. The van der Waals surface area contributed by atoms with Crippen LogP contribution in [0, 0.1) is 0 Å². The van der Waals surface area contributed by atoms with Crippen molar-refractivity contribution in [1.82, 2.24) is 10.2 Å². The number of likely N-dealkylation sites (N-methyl/N-ethyl adjacent to an activating group) is 1. The summed E-state index contributed by atoms with van der Waals surface area (Å²) >= 11 is 0. The largest absolute Gasteiger partial charge is 0.491 e. The van der Waals surface area contributed by atoms with Crippen LogP contribution in [-0.2, 0) is 4.74 Å². The monoisotopic (exact) mass is 262 g/mol. The molecule has 1 aromatic carbocycles. The molecule has 2 heterocycles. The molecule has 1 fully saturated rings. The van der Waals surface area contributed by atoms with Gasteiger partial charge in [0, 0.05) is 25.2 Å². The standard InChI is InChI=1S/C15H22N2O2/c1-2-17-7-8-18-12(10-17)9-16-14-11-19-15-6-4-3-5-13(14)15/h3-6,12,14,16H,2,7-11H2,1H3. The van der Waals surface area contributed by atoms with Gasteiger partial charge in [0.2, 0.25) is 0 Å². The molecule has 0 spiro atoms. The number of ether oxygens (including phenoxy) is 2. The Balaban J connectivity index is 1.53. The maximum Gasteiger partial charge on any atom is 0.124 e. The number of hydrogen-bond donors (Lipinski definition) is 1. The van der Waals surface area contributed by atoms with Gasteiger partial charge in [-0.2, -0.15) is 0 Å². The van der Waals surface area contributed by atoms with Crippen molar-refractivity contribution in [2.24, 2.45) is 0 Å². The van der Waals surface area contributed by atoms with Crippen LogP contribution < -0.4 is 10.1 Å². The molecule has 4 nitrogen and oxygen atoms in total. The highest BCUT2D eigenvalue weighted by atomic mass is 16.5. The molecule has 19 heavy (non-hydrogen) atoms. The Morgan fingerprint density at radius 3 is 3.16 bits per heavy atom. The summed E-state index contributed by atoms with van der Waals surface area (Å²) in [7, 11) is 0. The third-order valence-electron chi connectivity index (χ3n) is 3.96. The van der Waals surface area contributed by atoms with Crippen LogP contribution in [0.5, 0.6) is 5.75 Å². The first-order valence-corrected chi connectivity index (χ1v) is 7.16. The van der Waals surface area contributed by atoms with Crippen LogP contribution in [0.1, 0.15) is 18.5 Å². The first-order chi connectivity index (χ1) is 9.36. The summed E-state index contributed by atoms with van der Waals surface area (Å²) in [6.45, 7) is 7.85. The van der Waals surface area contributed by atoms with Gasteiger partial charge in [-0.05, 0) is 12.6 Å². The van der Waals surface area contributed by atoms with E-state index < -0.39 is 0 Å². The highest BCUT2D eigenvalue weighted by Gasteiger charge is 2.25. The second-order valence-electron chi connectivity index (χ2n) is 5.20. The molecule has 2 atom stereocenters. The Labute approximate surface area is 114 Å². The van der Waals surface area contributed by atoms with Gasteiger partial charge >= 0.3 is 0 Å². The van der Waals surface area contributed by atoms with Gasteiger partial charge in [-0.3, -0.25) is 4.90 Å². The zero-order valence-corrected chi connectivity index (χ0v) is 11.5. The highest BCUT2D eigenvalue weighted by molar-refractivity contribution is 5.39. The zero-order valence-electron chi connectivity index (χ0n) is 11.5. The average Bonchev–Trinajstić information content (AvgIpc) is 2.89. The second-order valence-corrected chi connectivity index (χ2v) is 5.20. The number of morpholine rings is 1. The molecule has 0 amide bonds. The van der Waals surface area contributed by atoms with E-state index in [-0.39, 0.29) is 0 Å². The van der Waals surface area contributed by atoms with Gasteiger partial charge in [0.25, 0.3) is 0 Å². The van der Waals surface area contributed by atoms with Crippen molar-refractivity contribution >= 4 is 0 Å². The summed E-state index contributed by atoms with van der Waals surface area (Å²) in [5.41, 5.74) is 1.27. The normalized spacial score (nSPS) is 27.0. The van der Waals surface area contributed by atoms with Crippen molar-refractivity contribution in [2.45, 2.75) is 19.1 Å². The van der Waals surface area contributed by atoms with Crippen molar-refractivity contribution in [3.63, 3.8) is 0 Å². The van der Waals surface area contributed by atoms with E-state index in [4.69, 9.17) is 9.47 Å². The van der Waals surface area contributed by atoms with Crippen molar-refractivity contribution in [3.05, 3.63) is 29.8 Å². The average molecular weight is 262 g/mol. The summed E-state index contributed by atoms with van der Waals surface area (Å²) in [6, 6.07) is 8.56. The van der Waals surface area contributed by atoms with E-state index in [1.54, 1.807) is 0 Å². The number of nitrogens with one attached hydrogen (secondary N) is 1. The van der Waals surface area contributed by atoms with E-state index in [1.165, 1.54) is 5.56 Å². The number of hydrogen-bond acceptors (Lipinski definition) is 4. The van der Waals surface area contributed by atoms with Gasteiger partial charge in [0.1, 0.15) is 12.4 Å². The second kappa shape index (κ2) is 5.90. The molecule has 0 aromatic heterocycles. The van der Waals surface area contributed by atoms with E-state index in [9.17, 15) is 0 Å². The number of nitrogens with zero attached hydrogens (tertiary/aromatic N) is 1. The van der Waals surface area contributed by atoms with Crippen molar-refractivity contribution < 1.29 is 9.47 Å². The SMILES string of the molecule is CCN1CCOC(CNC2COc3ccccc32)C1. The molecule has 3 rings (SSSR count). The minimum absolute atomic E-state index is 0.293. The van der Waals surface area contributed by atoms with Gasteiger partial charge in [-0.1, -0.05) is 25.1 Å². The van der Waals surface area contributed by atoms with Crippen LogP contribution in [0.4, 0.5) is 0 Å². The lowest BCUT2D eigenvalue weighted by Crippen LogP contribution is -2.47. The third kappa shape index (κ3) is 2.91. The molecular formula is C15H22N2O2. The molecule has 1 N–H and O–H groups in total. The van der Waals surface area contributed by atoms with Crippen molar-refractivity contribution in [2.75, 3.05) is 39.4 Å². The van der Waals surface area contributed by atoms with E-state index >= 15 is 0 Å². The third-order valence-corrected chi connectivity index (χ3v) is 3.96. The molecule has 2 aliphatic heterocycles. The maximum atomic E-state index is 5.81. The Morgan fingerprint density at radius 2 is 2.26 bits per heavy atom. The topological polar surface area (TPSA) is 33.7 Å². The predicted octanol–water partition coefficient (Wildman–Crippen LogP) is 1.43. The zero-order chi connectivity index (χ0) is 13.1. The predicted molar refractivity (Wildman–Crippen MR) is 74.5 cm³/mol. The number of para-hydroxylation sites is 1. The van der Waals surface area contributed by atoms with Crippen molar-refractivity contribution in [3.8, 4) is 5.75 Å². The van der Waals surface area contributed by atoms with Gasteiger partial charge in [-0.25, -0.2) is 0 Å². The lowest BCUT2D eigenvalue weighted by Gasteiger charge is -2.32. The van der Waals surface area contributed by atoms with E-state index in [0.717, 1.165) is 45.1 Å². The summed E-state index contributed by atoms with van der Waals surface area (Å²) in [6.07, 6.45) is 0.293. The molecule has 0 aliphatic carbocycles. The van der Waals surface area contributed by atoms with Gasteiger partial charge < -0.3 is 14.8 Å². The molecule has 0 bridgehead atoms. The molecule has 2 aliphatic rings. The van der Waals surface area contributed by atoms with Crippen LogP contribution in [0.3, 0.4) is 0 Å². The van der Waals surface area contributed by atoms with Crippen LogP contribution >= 0.6 is 0 Å². The molecule has 104 valence electrons. The minimum Gasteiger partial charge on any atom is -0.491 e. The molecule has 1 aromatic rings. The Morgan fingerprint density at radius 1 is 1.37 bits per heavy atom. The Kier molecular flexibility index (Phi) is 4.01. The quantitative estimate of drug-likeness (QED) is 0.890. The number of fused-ring (bicyclic) bond motifs is 1. The fourth-order valence-corrected chi connectivity index (χ4v) is 2.80. The summed E-state index contributed by atoms with van der Waals surface area (Å²) in [5.74, 6) is 1.01. The maximum absolute atomic E-state index is 5.81. The van der Waals surface area contributed by atoms with E-state index in [1.807, 2.05) is 12.1 Å². The number of rotatable bonds is 4. The Hall–Kier alpha value is -1.10. The van der Waals surface area contributed by atoms with Gasteiger partial charge in [0.05, 0.1) is 18.8 Å². The first-order valence-electron chi connectivity index (χ1n) is 7.16. The van der Waals surface area contributed by atoms with Crippen LogP contribution in [-0.4, -0.2) is 50.4 Å². The number of benzene rings is 1. The fourth-order valence-electron chi connectivity index (χ4n) is 2.80. The van der Waals surface area contributed by atoms with Crippen LogP contribution in [0.2, 0.25) is 0 Å². The van der Waals surface area contributed by atoms with Gasteiger partial charge in [0.15, 0.2) is 0 Å². The van der Waals surface area contributed by atoms with E-state index in [0.29, 0.717) is 12.1 Å². The molecule has 1 saturated heterocycles. The lowest BCUT2D eigenvalue weighted by atomic mass is 10.1. The lowest BCUT2D eigenvalue weighted by molar-refractivity contribution is -0.0265. The molecule has 4 heteroatoms.